The average molecular weight is 447 g/mol. The first kappa shape index (κ1) is 27.4. The Kier molecular flexibility index (Phi) is 15.4. The largest absolute Gasteiger partial charge is 0.507 e. The number of hydrogen-bond donors (Lipinski definition) is 2. The number of carbonyl (C=O) groups excluding carboxylic acids is 2. The number of unbranched alkanes of at least 4 members (excludes halogenated alkanes) is 5. The molecule has 1 heterocycles. The molecule has 1 aliphatic rings. The van der Waals surface area contributed by atoms with Gasteiger partial charge in [0.15, 0.2) is 17.4 Å². The minimum atomic E-state index is -1.18. The van der Waals surface area contributed by atoms with Gasteiger partial charge in [-0.25, -0.2) is 9.59 Å². The molecule has 0 aromatic carbocycles. The van der Waals surface area contributed by atoms with Crippen LogP contribution in [0.15, 0.2) is 59.9 Å². The van der Waals surface area contributed by atoms with E-state index in [9.17, 15) is 14.7 Å². The first-order valence-corrected chi connectivity index (χ1v) is 11.6. The zero-order valence-corrected chi connectivity index (χ0v) is 19.2. The van der Waals surface area contributed by atoms with Crippen molar-refractivity contribution in [3.63, 3.8) is 0 Å². The Bertz CT molecular complexity index is 699. The fourth-order valence-corrected chi connectivity index (χ4v) is 2.98. The second-order valence-electron chi connectivity index (χ2n) is 7.56. The van der Waals surface area contributed by atoms with Crippen molar-refractivity contribution in [3.8, 4) is 0 Å². The maximum atomic E-state index is 11.9. The molecule has 0 unspecified atom stereocenters. The Balaban J connectivity index is 2.02. The van der Waals surface area contributed by atoms with Gasteiger partial charge in [0.2, 0.25) is 0 Å². The monoisotopic (exact) mass is 446 g/mol. The summed E-state index contributed by atoms with van der Waals surface area (Å²) >= 11 is 0. The van der Waals surface area contributed by atoms with E-state index >= 15 is 0 Å². The molecule has 6 heteroatoms. The van der Waals surface area contributed by atoms with Crippen LogP contribution in [0.3, 0.4) is 0 Å². The molecular formula is C26H38O6. The second-order valence-corrected chi connectivity index (χ2v) is 7.56. The third kappa shape index (κ3) is 11.7. The lowest BCUT2D eigenvalue weighted by atomic mass is 10.2. The van der Waals surface area contributed by atoms with Crippen LogP contribution in [0.5, 0.6) is 0 Å². The van der Waals surface area contributed by atoms with Gasteiger partial charge in [0.1, 0.15) is 0 Å². The van der Waals surface area contributed by atoms with Crippen LogP contribution < -0.4 is 0 Å². The van der Waals surface area contributed by atoms with Gasteiger partial charge in [-0.05, 0) is 51.4 Å². The lowest BCUT2D eigenvalue weighted by Crippen LogP contribution is -2.16. The molecule has 0 radical (unpaired) electrons. The lowest BCUT2D eigenvalue weighted by molar-refractivity contribution is -0.147. The number of esters is 2. The highest BCUT2D eigenvalue weighted by molar-refractivity contribution is 6.16. The number of rotatable bonds is 17. The Morgan fingerprint density at radius 2 is 1.44 bits per heavy atom. The third-order valence-corrected chi connectivity index (χ3v) is 4.84. The van der Waals surface area contributed by atoms with E-state index in [1.807, 2.05) is 0 Å². The topological polar surface area (TPSA) is 93.1 Å². The van der Waals surface area contributed by atoms with Crippen molar-refractivity contribution in [3.05, 3.63) is 59.9 Å². The van der Waals surface area contributed by atoms with E-state index in [1.165, 1.54) is 25.7 Å². The summed E-state index contributed by atoms with van der Waals surface area (Å²) in [6.07, 6.45) is 26.5. The fraction of sp³-hybridized carbons (Fsp3) is 0.538. The number of aliphatic hydroxyl groups is 2. The van der Waals surface area contributed by atoms with Crippen molar-refractivity contribution < 1.29 is 29.3 Å². The van der Waals surface area contributed by atoms with E-state index in [4.69, 9.17) is 9.84 Å². The zero-order chi connectivity index (χ0) is 23.4. The van der Waals surface area contributed by atoms with E-state index in [-0.39, 0.29) is 6.61 Å². The first-order chi connectivity index (χ1) is 15.6. The highest BCUT2D eigenvalue weighted by Gasteiger charge is 2.39. The van der Waals surface area contributed by atoms with Gasteiger partial charge in [-0.1, -0.05) is 68.4 Å². The number of hydrogen-bond acceptors (Lipinski definition) is 6. The van der Waals surface area contributed by atoms with Crippen molar-refractivity contribution in [2.24, 2.45) is 0 Å². The maximum absolute atomic E-state index is 11.9. The Morgan fingerprint density at radius 3 is 1.94 bits per heavy atom. The van der Waals surface area contributed by atoms with Crippen molar-refractivity contribution in [1.82, 2.24) is 0 Å². The first-order valence-electron chi connectivity index (χ1n) is 11.6. The molecular weight excluding hydrogens is 408 g/mol. The molecule has 1 aliphatic heterocycles. The number of carbonyl (C=O) groups is 2. The van der Waals surface area contributed by atoms with E-state index in [1.54, 1.807) is 0 Å². The van der Waals surface area contributed by atoms with E-state index < -0.39 is 36.0 Å². The van der Waals surface area contributed by atoms with Crippen LogP contribution >= 0.6 is 0 Å². The smallest absolute Gasteiger partial charge is 0.350 e. The maximum Gasteiger partial charge on any atom is 0.350 e. The molecule has 0 aromatic heterocycles. The summed E-state index contributed by atoms with van der Waals surface area (Å²) in [4.78, 5) is 23.4. The fourth-order valence-electron chi connectivity index (χ4n) is 2.98. The van der Waals surface area contributed by atoms with Crippen molar-refractivity contribution in [2.75, 3.05) is 13.2 Å². The second kappa shape index (κ2) is 18.0. The van der Waals surface area contributed by atoms with Gasteiger partial charge in [0.25, 0.3) is 0 Å². The van der Waals surface area contributed by atoms with Gasteiger partial charge >= 0.3 is 11.9 Å². The molecule has 178 valence electrons. The SMILES string of the molecule is CCCCC/C=C\C/C=C\C/C=C\C/C=C\CCCCOC(=O)C1=C(O)[C@@H](CO)OC1=O. The highest BCUT2D eigenvalue weighted by atomic mass is 16.6. The molecule has 6 nitrogen and oxygen atoms in total. The van der Waals surface area contributed by atoms with Gasteiger partial charge < -0.3 is 19.7 Å². The predicted molar refractivity (Wildman–Crippen MR) is 126 cm³/mol. The van der Waals surface area contributed by atoms with Gasteiger partial charge in [0.05, 0.1) is 13.2 Å². The molecule has 0 spiro atoms. The summed E-state index contributed by atoms with van der Waals surface area (Å²) in [7, 11) is 0. The molecule has 2 N–H and O–H groups in total. The summed E-state index contributed by atoms with van der Waals surface area (Å²) < 4.78 is 9.67. The summed E-state index contributed by atoms with van der Waals surface area (Å²) in [5, 5.41) is 18.7. The quantitative estimate of drug-likeness (QED) is 0.134. The number of allylic oxidation sites excluding steroid dienone is 8. The van der Waals surface area contributed by atoms with E-state index in [2.05, 4.69) is 60.3 Å². The van der Waals surface area contributed by atoms with Crippen LogP contribution in [0.25, 0.3) is 0 Å². The average Bonchev–Trinajstić information content (AvgIpc) is 3.08. The van der Waals surface area contributed by atoms with Crippen LogP contribution in [0.4, 0.5) is 0 Å². The Hall–Kier alpha value is -2.60. The van der Waals surface area contributed by atoms with E-state index in [0.717, 1.165) is 32.1 Å². The van der Waals surface area contributed by atoms with Crippen LogP contribution in [0.1, 0.15) is 71.1 Å². The Morgan fingerprint density at radius 1 is 0.906 bits per heavy atom. The normalized spacial score (nSPS) is 16.9. The molecule has 0 bridgehead atoms. The molecule has 32 heavy (non-hydrogen) atoms. The van der Waals surface area contributed by atoms with Crippen LogP contribution in [-0.2, 0) is 19.1 Å². The molecule has 1 rings (SSSR count). The number of aliphatic hydroxyl groups excluding tert-OH is 2. The lowest BCUT2D eigenvalue weighted by Gasteiger charge is -2.04. The van der Waals surface area contributed by atoms with Gasteiger partial charge in [-0.2, -0.15) is 0 Å². The molecule has 1 atom stereocenters. The van der Waals surface area contributed by atoms with Crippen molar-refractivity contribution in [2.45, 2.75) is 77.2 Å². The summed E-state index contributed by atoms with van der Waals surface area (Å²) in [5.74, 6) is -2.45. The molecule has 0 fully saturated rings. The minimum absolute atomic E-state index is 0.153. The Labute approximate surface area is 192 Å². The third-order valence-electron chi connectivity index (χ3n) is 4.84. The van der Waals surface area contributed by atoms with Crippen LogP contribution in [0.2, 0.25) is 0 Å². The summed E-state index contributed by atoms with van der Waals surface area (Å²) in [6.45, 7) is 1.79. The van der Waals surface area contributed by atoms with Gasteiger partial charge in [0, 0.05) is 0 Å². The molecule has 0 saturated carbocycles. The van der Waals surface area contributed by atoms with Gasteiger partial charge in [-0.15, -0.1) is 0 Å². The molecule has 0 aliphatic carbocycles. The number of ether oxygens (including phenoxy) is 2. The molecule has 0 aromatic rings. The van der Waals surface area contributed by atoms with Gasteiger partial charge in [-0.3, -0.25) is 0 Å². The van der Waals surface area contributed by atoms with Crippen molar-refractivity contribution in [1.29, 1.82) is 0 Å². The standard InChI is InChI=1S/C26H38O6/c1-2-3-4-5-6-7-8-9-10-11-12-13-14-15-16-17-18-19-20-31-25(29)23-24(28)22(21-27)32-26(23)30/h6-7,9-10,12-13,15-16,22,27-28H,2-5,8,11,14,17-21H2,1H3/b7-6-,10-9-,13-12-,16-15-/t22-/m1/s1. The predicted octanol–water partition coefficient (Wildman–Crippen LogP) is 5.41. The van der Waals surface area contributed by atoms with Crippen LogP contribution in [-0.4, -0.2) is 41.5 Å². The number of cyclic esters (lactones) is 1. The van der Waals surface area contributed by atoms with E-state index in [0.29, 0.717) is 6.42 Å². The summed E-state index contributed by atoms with van der Waals surface area (Å²) in [6, 6.07) is 0. The molecule has 0 amide bonds. The molecule has 0 saturated heterocycles. The van der Waals surface area contributed by atoms with Crippen molar-refractivity contribution >= 4 is 11.9 Å². The zero-order valence-electron chi connectivity index (χ0n) is 19.2. The highest BCUT2D eigenvalue weighted by Crippen LogP contribution is 2.21. The minimum Gasteiger partial charge on any atom is -0.507 e. The van der Waals surface area contributed by atoms with Crippen LogP contribution in [0, 0.1) is 0 Å². The summed E-state index contributed by atoms with van der Waals surface area (Å²) in [5.41, 5.74) is -0.524.